The quantitative estimate of drug-likeness (QED) is 0.899. The predicted octanol–water partition coefficient (Wildman–Crippen LogP) is 1.67. The lowest BCUT2D eigenvalue weighted by Gasteiger charge is -2.34. The molecule has 1 aromatic carbocycles. The summed E-state index contributed by atoms with van der Waals surface area (Å²) in [4.78, 5) is 17.0. The summed E-state index contributed by atoms with van der Waals surface area (Å²) < 4.78 is 0. The standard InChI is InChI=1S/C19H29N3O/c1-15(18(23)22-11-9-21(2)10-12-22)13-16-5-3-4-6-17(16)14-19(20)7-8-19/h3-6,15H,7-14,20H2,1-2H3. The third kappa shape index (κ3) is 4.12. The molecular weight excluding hydrogens is 286 g/mol. The Kier molecular flexibility index (Phi) is 4.74. The second-order valence-electron chi connectivity index (χ2n) is 7.54. The molecule has 3 rings (SSSR count). The molecule has 4 nitrogen and oxygen atoms in total. The molecule has 0 radical (unpaired) electrons. The Morgan fingerprint density at radius 1 is 1.17 bits per heavy atom. The van der Waals surface area contributed by atoms with E-state index in [1.807, 2.05) is 4.90 Å². The minimum atomic E-state index is 0.0147. The number of carbonyl (C=O) groups excluding carboxylic acids is 1. The summed E-state index contributed by atoms with van der Waals surface area (Å²) in [7, 11) is 2.11. The fourth-order valence-electron chi connectivity index (χ4n) is 3.40. The van der Waals surface area contributed by atoms with Crippen LogP contribution in [0.3, 0.4) is 0 Å². The molecule has 2 aliphatic rings. The summed E-state index contributed by atoms with van der Waals surface area (Å²) in [6, 6.07) is 8.49. The second-order valence-corrected chi connectivity index (χ2v) is 7.54. The summed E-state index contributed by atoms with van der Waals surface area (Å²) >= 11 is 0. The molecule has 1 aliphatic carbocycles. The number of hydrogen-bond donors (Lipinski definition) is 1. The van der Waals surface area contributed by atoms with E-state index in [1.54, 1.807) is 0 Å². The highest BCUT2D eigenvalue weighted by atomic mass is 16.2. The minimum absolute atomic E-state index is 0.0147. The van der Waals surface area contributed by atoms with Crippen LogP contribution in [0.25, 0.3) is 0 Å². The average molecular weight is 315 g/mol. The van der Waals surface area contributed by atoms with Gasteiger partial charge in [0.15, 0.2) is 0 Å². The van der Waals surface area contributed by atoms with Crippen LogP contribution in [0.1, 0.15) is 30.9 Å². The van der Waals surface area contributed by atoms with Gasteiger partial charge in [-0.25, -0.2) is 0 Å². The Hall–Kier alpha value is -1.39. The molecule has 0 bridgehead atoms. The Balaban J connectivity index is 1.63. The zero-order chi connectivity index (χ0) is 16.4. The molecule has 126 valence electrons. The molecule has 1 amide bonds. The van der Waals surface area contributed by atoms with Crippen molar-refractivity contribution in [3.63, 3.8) is 0 Å². The van der Waals surface area contributed by atoms with Crippen molar-refractivity contribution in [2.75, 3.05) is 33.2 Å². The maximum atomic E-state index is 12.7. The van der Waals surface area contributed by atoms with Crippen molar-refractivity contribution < 1.29 is 4.79 Å². The van der Waals surface area contributed by atoms with E-state index < -0.39 is 0 Å². The number of nitrogens with zero attached hydrogens (tertiary/aromatic N) is 2. The normalized spacial score (nSPS) is 22.0. The summed E-state index contributed by atoms with van der Waals surface area (Å²) in [6.45, 7) is 5.72. The molecule has 2 N–H and O–H groups in total. The van der Waals surface area contributed by atoms with Crippen LogP contribution in [0.2, 0.25) is 0 Å². The Morgan fingerprint density at radius 2 is 1.78 bits per heavy atom. The van der Waals surface area contributed by atoms with Crippen molar-refractivity contribution in [2.45, 2.75) is 38.1 Å². The van der Waals surface area contributed by atoms with Crippen LogP contribution >= 0.6 is 0 Å². The number of carbonyl (C=O) groups is 1. The van der Waals surface area contributed by atoms with Crippen LogP contribution in [0.5, 0.6) is 0 Å². The smallest absolute Gasteiger partial charge is 0.225 e. The Labute approximate surface area is 139 Å². The van der Waals surface area contributed by atoms with E-state index in [0.29, 0.717) is 5.91 Å². The van der Waals surface area contributed by atoms with E-state index >= 15 is 0 Å². The molecule has 1 saturated carbocycles. The van der Waals surface area contributed by atoms with Gasteiger partial charge in [-0.2, -0.15) is 0 Å². The van der Waals surface area contributed by atoms with Gasteiger partial charge in [-0.05, 0) is 43.9 Å². The molecule has 0 spiro atoms. The first-order valence-corrected chi connectivity index (χ1v) is 8.80. The first-order chi connectivity index (χ1) is 11.0. The maximum Gasteiger partial charge on any atom is 0.225 e. The SMILES string of the molecule is CC(Cc1ccccc1CC1(N)CC1)C(=O)N1CCN(C)CC1. The molecule has 2 fully saturated rings. The number of nitrogens with two attached hydrogens (primary N) is 1. The number of likely N-dealkylation sites (N-methyl/N-ethyl adjacent to an activating group) is 1. The Bertz CT molecular complexity index is 559. The molecule has 0 aromatic heterocycles. The monoisotopic (exact) mass is 315 g/mol. The third-order valence-corrected chi connectivity index (χ3v) is 5.32. The van der Waals surface area contributed by atoms with Gasteiger partial charge < -0.3 is 15.5 Å². The van der Waals surface area contributed by atoms with Crippen molar-refractivity contribution in [2.24, 2.45) is 11.7 Å². The van der Waals surface area contributed by atoms with Crippen molar-refractivity contribution in [1.82, 2.24) is 9.80 Å². The highest BCUT2D eigenvalue weighted by Gasteiger charge is 2.38. The highest BCUT2D eigenvalue weighted by Crippen LogP contribution is 2.36. The van der Waals surface area contributed by atoms with Crippen molar-refractivity contribution in [3.05, 3.63) is 35.4 Å². The topological polar surface area (TPSA) is 49.6 Å². The van der Waals surface area contributed by atoms with E-state index in [1.165, 1.54) is 11.1 Å². The van der Waals surface area contributed by atoms with E-state index in [4.69, 9.17) is 5.73 Å². The average Bonchev–Trinajstić information content (AvgIpc) is 3.26. The van der Waals surface area contributed by atoms with Gasteiger partial charge in [-0.1, -0.05) is 31.2 Å². The molecule has 1 aromatic rings. The lowest BCUT2D eigenvalue weighted by Crippen LogP contribution is -2.49. The Morgan fingerprint density at radius 3 is 2.39 bits per heavy atom. The molecular formula is C19H29N3O. The number of rotatable bonds is 5. The zero-order valence-corrected chi connectivity index (χ0v) is 14.4. The largest absolute Gasteiger partial charge is 0.340 e. The van der Waals surface area contributed by atoms with Crippen LogP contribution in [-0.4, -0.2) is 54.5 Å². The van der Waals surface area contributed by atoms with E-state index in [0.717, 1.165) is 51.9 Å². The van der Waals surface area contributed by atoms with E-state index in [-0.39, 0.29) is 11.5 Å². The van der Waals surface area contributed by atoms with E-state index in [2.05, 4.69) is 43.1 Å². The summed E-state index contributed by atoms with van der Waals surface area (Å²) in [5.41, 5.74) is 8.92. The molecule has 4 heteroatoms. The molecule has 1 heterocycles. The lowest BCUT2D eigenvalue weighted by atomic mass is 9.92. The van der Waals surface area contributed by atoms with Crippen LogP contribution in [0.15, 0.2) is 24.3 Å². The highest BCUT2D eigenvalue weighted by molar-refractivity contribution is 5.79. The van der Waals surface area contributed by atoms with Gasteiger partial charge in [0.2, 0.25) is 5.91 Å². The fourth-order valence-corrected chi connectivity index (χ4v) is 3.40. The molecule has 23 heavy (non-hydrogen) atoms. The van der Waals surface area contributed by atoms with Crippen molar-refractivity contribution >= 4 is 5.91 Å². The number of piperazine rings is 1. The molecule has 1 atom stereocenters. The number of hydrogen-bond acceptors (Lipinski definition) is 3. The van der Waals surface area contributed by atoms with Gasteiger partial charge in [0, 0.05) is 37.6 Å². The third-order valence-electron chi connectivity index (χ3n) is 5.32. The van der Waals surface area contributed by atoms with E-state index in [9.17, 15) is 4.79 Å². The minimum Gasteiger partial charge on any atom is -0.340 e. The molecule has 1 unspecified atom stereocenters. The molecule has 1 saturated heterocycles. The second kappa shape index (κ2) is 6.62. The number of amides is 1. The molecule has 1 aliphatic heterocycles. The first-order valence-electron chi connectivity index (χ1n) is 8.80. The van der Waals surface area contributed by atoms with Gasteiger partial charge in [-0.15, -0.1) is 0 Å². The van der Waals surface area contributed by atoms with Gasteiger partial charge in [0.05, 0.1) is 0 Å². The number of benzene rings is 1. The van der Waals surface area contributed by atoms with Gasteiger partial charge in [-0.3, -0.25) is 4.79 Å². The van der Waals surface area contributed by atoms with Crippen LogP contribution in [-0.2, 0) is 17.6 Å². The predicted molar refractivity (Wildman–Crippen MR) is 93.2 cm³/mol. The lowest BCUT2D eigenvalue weighted by molar-refractivity contribution is -0.136. The maximum absolute atomic E-state index is 12.7. The summed E-state index contributed by atoms with van der Waals surface area (Å²) in [6.07, 6.45) is 4.00. The van der Waals surface area contributed by atoms with Gasteiger partial charge in [0.25, 0.3) is 0 Å². The summed E-state index contributed by atoms with van der Waals surface area (Å²) in [5, 5.41) is 0. The van der Waals surface area contributed by atoms with Gasteiger partial charge >= 0.3 is 0 Å². The van der Waals surface area contributed by atoms with Gasteiger partial charge in [0.1, 0.15) is 0 Å². The van der Waals surface area contributed by atoms with Crippen molar-refractivity contribution in [1.29, 1.82) is 0 Å². The first kappa shape index (κ1) is 16.5. The summed E-state index contributed by atoms with van der Waals surface area (Å²) in [5.74, 6) is 0.328. The van der Waals surface area contributed by atoms with Crippen LogP contribution in [0.4, 0.5) is 0 Å². The van der Waals surface area contributed by atoms with Crippen LogP contribution < -0.4 is 5.73 Å². The van der Waals surface area contributed by atoms with Crippen LogP contribution in [0, 0.1) is 5.92 Å². The fraction of sp³-hybridized carbons (Fsp3) is 0.632. The van der Waals surface area contributed by atoms with Crippen molar-refractivity contribution in [3.8, 4) is 0 Å². The zero-order valence-electron chi connectivity index (χ0n) is 14.4.